The normalized spacial score (nSPS) is 11.9. The molecule has 2 amide bonds. The summed E-state index contributed by atoms with van der Waals surface area (Å²) in [7, 11) is 0. The Bertz CT molecular complexity index is 571. The fraction of sp³-hybridized carbons (Fsp3) is 0.167. The van der Waals surface area contributed by atoms with Gasteiger partial charge in [-0.2, -0.15) is 0 Å². The molecule has 100 valence electrons. The van der Waals surface area contributed by atoms with Crippen LogP contribution in [0, 0.1) is 11.6 Å². The Morgan fingerprint density at radius 2 is 2.21 bits per heavy atom. The number of carbonyl (C=O) groups excluding carboxylic acids is 1. The average Bonchev–Trinajstić information content (AvgIpc) is 2.86. The number of aromatic amines is 1. The zero-order valence-electron chi connectivity index (χ0n) is 10.1. The molecule has 0 fully saturated rings. The molecule has 2 rings (SSSR count). The fourth-order valence-electron chi connectivity index (χ4n) is 1.53. The van der Waals surface area contributed by atoms with Crippen LogP contribution in [0.2, 0.25) is 0 Å². The van der Waals surface area contributed by atoms with Crippen molar-refractivity contribution in [2.75, 3.05) is 5.32 Å². The summed E-state index contributed by atoms with van der Waals surface area (Å²) in [6, 6.07) is 1.95. The van der Waals surface area contributed by atoms with E-state index in [4.69, 9.17) is 0 Å². The van der Waals surface area contributed by atoms with E-state index in [0.29, 0.717) is 11.9 Å². The molecule has 1 atom stereocenters. The molecule has 1 aromatic heterocycles. The van der Waals surface area contributed by atoms with Crippen LogP contribution in [0.4, 0.5) is 19.3 Å². The second kappa shape index (κ2) is 5.47. The summed E-state index contributed by atoms with van der Waals surface area (Å²) >= 11 is 0. The van der Waals surface area contributed by atoms with Crippen LogP contribution in [0.25, 0.3) is 0 Å². The Morgan fingerprint density at radius 3 is 2.84 bits per heavy atom. The molecule has 19 heavy (non-hydrogen) atoms. The van der Waals surface area contributed by atoms with Crippen molar-refractivity contribution >= 4 is 11.7 Å². The number of nitrogens with one attached hydrogen (secondary N) is 3. The Morgan fingerprint density at radius 1 is 1.42 bits per heavy atom. The van der Waals surface area contributed by atoms with Gasteiger partial charge in [0.25, 0.3) is 0 Å². The lowest BCUT2D eigenvalue weighted by molar-refractivity contribution is 0.249. The lowest BCUT2D eigenvalue weighted by Crippen LogP contribution is -2.32. The van der Waals surface area contributed by atoms with E-state index >= 15 is 0 Å². The summed E-state index contributed by atoms with van der Waals surface area (Å²) in [6.45, 7) is 1.72. The van der Waals surface area contributed by atoms with Crippen molar-refractivity contribution in [1.82, 2.24) is 15.3 Å². The highest BCUT2D eigenvalue weighted by Crippen LogP contribution is 2.15. The third-order valence-corrected chi connectivity index (χ3v) is 2.46. The molecule has 0 aliphatic heterocycles. The van der Waals surface area contributed by atoms with Gasteiger partial charge in [-0.25, -0.2) is 18.6 Å². The molecule has 0 radical (unpaired) electrons. The molecule has 3 N–H and O–H groups in total. The predicted octanol–water partition coefficient (Wildman–Crippen LogP) is 2.57. The van der Waals surface area contributed by atoms with E-state index in [1.807, 2.05) is 0 Å². The van der Waals surface area contributed by atoms with Crippen LogP contribution < -0.4 is 10.6 Å². The molecular weight excluding hydrogens is 254 g/mol. The SMILES string of the molecule is C[C@H](NC(=O)Nc1ccc(F)cc1F)c1ncc[nH]1. The van der Waals surface area contributed by atoms with Crippen LogP contribution in [-0.4, -0.2) is 16.0 Å². The molecular formula is C12H12F2N4O. The molecule has 0 bridgehead atoms. The van der Waals surface area contributed by atoms with E-state index in [-0.39, 0.29) is 11.7 Å². The van der Waals surface area contributed by atoms with Crippen LogP contribution in [0.1, 0.15) is 18.8 Å². The number of hydrogen-bond donors (Lipinski definition) is 3. The molecule has 0 aliphatic carbocycles. The van der Waals surface area contributed by atoms with Crippen LogP contribution in [0.15, 0.2) is 30.6 Å². The smallest absolute Gasteiger partial charge is 0.319 e. The molecule has 1 aromatic carbocycles. The maximum atomic E-state index is 13.3. The molecule has 1 heterocycles. The van der Waals surface area contributed by atoms with Crippen molar-refractivity contribution in [2.24, 2.45) is 0 Å². The van der Waals surface area contributed by atoms with Crippen molar-refractivity contribution in [1.29, 1.82) is 0 Å². The number of amides is 2. The van der Waals surface area contributed by atoms with E-state index in [1.54, 1.807) is 19.3 Å². The number of carbonyl (C=O) groups is 1. The number of urea groups is 1. The number of rotatable bonds is 3. The quantitative estimate of drug-likeness (QED) is 0.799. The van der Waals surface area contributed by atoms with Crippen LogP contribution >= 0.6 is 0 Å². The second-order valence-electron chi connectivity index (χ2n) is 3.92. The lowest BCUT2D eigenvalue weighted by atomic mass is 10.3. The monoisotopic (exact) mass is 266 g/mol. The minimum atomic E-state index is -0.833. The first kappa shape index (κ1) is 13.0. The van der Waals surface area contributed by atoms with Gasteiger partial charge in [0.1, 0.15) is 17.5 Å². The largest absolute Gasteiger partial charge is 0.347 e. The highest BCUT2D eigenvalue weighted by atomic mass is 19.1. The van der Waals surface area contributed by atoms with Crippen molar-refractivity contribution in [3.8, 4) is 0 Å². The second-order valence-corrected chi connectivity index (χ2v) is 3.92. The summed E-state index contributed by atoms with van der Waals surface area (Å²) in [4.78, 5) is 18.5. The van der Waals surface area contributed by atoms with Crippen LogP contribution in [-0.2, 0) is 0 Å². The minimum Gasteiger partial charge on any atom is -0.347 e. The Kier molecular flexibility index (Phi) is 3.74. The molecule has 0 aliphatic rings. The molecule has 0 unspecified atom stereocenters. The van der Waals surface area contributed by atoms with E-state index in [9.17, 15) is 13.6 Å². The van der Waals surface area contributed by atoms with Gasteiger partial charge in [-0.15, -0.1) is 0 Å². The fourth-order valence-corrected chi connectivity index (χ4v) is 1.53. The van der Waals surface area contributed by atoms with Gasteiger partial charge in [0.2, 0.25) is 0 Å². The van der Waals surface area contributed by atoms with E-state index < -0.39 is 17.7 Å². The number of benzene rings is 1. The summed E-state index contributed by atoms with van der Waals surface area (Å²) in [5.41, 5.74) is -0.0921. The van der Waals surface area contributed by atoms with Gasteiger partial charge in [-0.05, 0) is 19.1 Å². The van der Waals surface area contributed by atoms with Crippen molar-refractivity contribution in [2.45, 2.75) is 13.0 Å². The third kappa shape index (κ3) is 3.27. The van der Waals surface area contributed by atoms with Gasteiger partial charge in [0.05, 0.1) is 11.7 Å². The van der Waals surface area contributed by atoms with E-state index in [1.165, 1.54) is 0 Å². The number of halogens is 2. The van der Waals surface area contributed by atoms with Gasteiger partial charge < -0.3 is 15.6 Å². The summed E-state index contributed by atoms with van der Waals surface area (Å²) in [5, 5.41) is 4.87. The summed E-state index contributed by atoms with van der Waals surface area (Å²) < 4.78 is 26.0. The van der Waals surface area contributed by atoms with Crippen LogP contribution in [0.3, 0.4) is 0 Å². The van der Waals surface area contributed by atoms with Crippen molar-refractivity contribution < 1.29 is 13.6 Å². The van der Waals surface area contributed by atoms with Crippen LogP contribution in [0.5, 0.6) is 0 Å². The molecule has 2 aromatic rings. The minimum absolute atomic E-state index is 0.0921. The number of imidazole rings is 1. The Labute approximate surface area is 108 Å². The molecule has 0 saturated heterocycles. The maximum absolute atomic E-state index is 13.3. The van der Waals surface area contributed by atoms with Crippen molar-refractivity contribution in [3.63, 3.8) is 0 Å². The first-order valence-corrected chi connectivity index (χ1v) is 5.58. The first-order valence-electron chi connectivity index (χ1n) is 5.58. The van der Waals surface area contributed by atoms with Gasteiger partial charge >= 0.3 is 6.03 Å². The zero-order valence-corrected chi connectivity index (χ0v) is 10.1. The van der Waals surface area contributed by atoms with Crippen molar-refractivity contribution in [3.05, 3.63) is 48.1 Å². The summed E-state index contributed by atoms with van der Waals surface area (Å²) in [6.07, 6.45) is 3.19. The first-order chi connectivity index (χ1) is 9.06. The van der Waals surface area contributed by atoms with E-state index in [0.717, 1.165) is 12.1 Å². The average molecular weight is 266 g/mol. The molecule has 5 nitrogen and oxygen atoms in total. The Hall–Kier alpha value is -2.44. The number of H-pyrrole nitrogens is 1. The Balaban J connectivity index is 1.98. The number of nitrogens with zero attached hydrogens (tertiary/aromatic N) is 1. The van der Waals surface area contributed by atoms with Gasteiger partial charge in [0.15, 0.2) is 0 Å². The molecule has 7 heteroatoms. The predicted molar refractivity (Wildman–Crippen MR) is 65.5 cm³/mol. The maximum Gasteiger partial charge on any atom is 0.319 e. The molecule has 0 saturated carbocycles. The zero-order chi connectivity index (χ0) is 13.8. The third-order valence-electron chi connectivity index (χ3n) is 2.46. The van der Waals surface area contributed by atoms with Gasteiger partial charge in [-0.3, -0.25) is 0 Å². The number of aromatic nitrogens is 2. The summed E-state index contributed by atoms with van der Waals surface area (Å²) in [5.74, 6) is -0.956. The topological polar surface area (TPSA) is 69.8 Å². The van der Waals surface area contributed by atoms with Gasteiger partial charge in [-0.1, -0.05) is 0 Å². The standard InChI is InChI=1S/C12H12F2N4O/c1-7(11-15-4-5-16-11)17-12(19)18-10-3-2-8(13)6-9(10)14/h2-7H,1H3,(H,15,16)(H2,17,18,19)/t7-/m0/s1. The lowest BCUT2D eigenvalue weighted by Gasteiger charge is -2.13. The number of anilines is 1. The van der Waals surface area contributed by atoms with E-state index in [2.05, 4.69) is 20.6 Å². The number of hydrogen-bond acceptors (Lipinski definition) is 2. The molecule has 0 spiro atoms. The highest BCUT2D eigenvalue weighted by molar-refractivity contribution is 5.89. The van der Waals surface area contributed by atoms with Gasteiger partial charge in [0, 0.05) is 18.5 Å². The highest BCUT2D eigenvalue weighted by Gasteiger charge is 2.13.